The summed E-state index contributed by atoms with van der Waals surface area (Å²) in [5.41, 5.74) is 0. The van der Waals surface area contributed by atoms with E-state index in [-0.39, 0.29) is 11.9 Å². The van der Waals surface area contributed by atoms with Crippen LogP contribution >= 0.6 is 0 Å². The summed E-state index contributed by atoms with van der Waals surface area (Å²) in [7, 11) is 3.63. The zero-order valence-corrected chi connectivity index (χ0v) is 8.97. The van der Waals surface area contributed by atoms with E-state index in [9.17, 15) is 4.79 Å². The molecular formula is C9H15N5O. The second-order valence-electron chi connectivity index (χ2n) is 3.72. The molecule has 1 aromatic heterocycles. The second-order valence-corrected chi connectivity index (χ2v) is 3.72. The number of likely N-dealkylation sites (tertiary alicyclic amines) is 1. The van der Waals surface area contributed by atoms with E-state index in [1.807, 2.05) is 14.1 Å². The Morgan fingerprint density at radius 1 is 1.67 bits per heavy atom. The number of likely N-dealkylation sites (N-methyl/N-ethyl adjacent to an activating group) is 1. The molecule has 0 radical (unpaired) electrons. The van der Waals surface area contributed by atoms with Gasteiger partial charge >= 0.3 is 0 Å². The molecule has 15 heavy (non-hydrogen) atoms. The van der Waals surface area contributed by atoms with Gasteiger partial charge in [-0.15, -0.1) is 0 Å². The smallest absolute Gasteiger partial charge is 0.240 e. The van der Waals surface area contributed by atoms with E-state index in [4.69, 9.17) is 0 Å². The predicted molar refractivity (Wildman–Crippen MR) is 53.9 cm³/mol. The Kier molecular flexibility index (Phi) is 2.68. The molecular weight excluding hydrogens is 194 g/mol. The number of carbonyl (C=O) groups excluding carboxylic acids is 1. The number of aryl methyl sites for hydroxylation is 1. The molecule has 0 bridgehead atoms. The molecule has 6 nitrogen and oxygen atoms in total. The average molecular weight is 209 g/mol. The average Bonchev–Trinajstić information content (AvgIpc) is 2.76. The molecule has 2 heterocycles. The van der Waals surface area contributed by atoms with Crippen molar-refractivity contribution < 1.29 is 4.79 Å². The van der Waals surface area contributed by atoms with E-state index in [1.165, 1.54) is 0 Å². The number of rotatable bonds is 3. The molecule has 0 saturated carbocycles. The second kappa shape index (κ2) is 3.98. The number of hydrogen-bond acceptors (Lipinski definition) is 4. The SMILES string of the molecule is CNC1CCN(Cc2ncn(C)n2)C1=O. The summed E-state index contributed by atoms with van der Waals surface area (Å²) in [6, 6.07) is -0.0336. The van der Waals surface area contributed by atoms with Crippen LogP contribution in [0, 0.1) is 0 Å². The number of aromatic nitrogens is 3. The molecule has 0 aliphatic carbocycles. The molecule has 1 unspecified atom stereocenters. The third-order valence-electron chi connectivity index (χ3n) is 2.63. The summed E-state index contributed by atoms with van der Waals surface area (Å²) in [5.74, 6) is 0.840. The zero-order chi connectivity index (χ0) is 10.8. The van der Waals surface area contributed by atoms with Crippen LogP contribution in [0.25, 0.3) is 0 Å². The van der Waals surface area contributed by atoms with Crippen LogP contribution in [0.4, 0.5) is 0 Å². The first-order valence-electron chi connectivity index (χ1n) is 5.01. The minimum absolute atomic E-state index is 0.0336. The number of nitrogens with zero attached hydrogens (tertiary/aromatic N) is 4. The first kappa shape index (κ1) is 10.1. The van der Waals surface area contributed by atoms with Gasteiger partial charge in [-0.3, -0.25) is 9.48 Å². The van der Waals surface area contributed by atoms with Crippen molar-refractivity contribution in [1.29, 1.82) is 0 Å². The Bertz CT molecular complexity index is 361. The van der Waals surface area contributed by atoms with Crippen LogP contribution in [0.5, 0.6) is 0 Å². The van der Waals surface area contributed by atoms with Gasteiger partial charge in [0, 0.05) is 13.6 Å². The molecule has 6 heteroatoms. The Labute approximate surface area is 88.3 Å². The van der Waals surface area contributed by atoms with E-state index < -0.39 is 0 Å². The van der Waals surface area contributed by atoms with E-state index in [2.05, 4.69) is 15.4 Å². The lowest BCUT2D eigenvalue weighted by atomic mass is 10.3. The van der Waals surface area contributed by atoms with Gasteiger partial charge in [0.15, 0.2) is 5.82 Å². The first-order valence-corrected chi connectivity index (χ1v) is 5.01. The number of carbonyl (C=O) groups is 1. The van der Waals surface area contributed by atoms with E-state index in [0.29, 0.717) is 12.4 Å². The molecule has 1 amide bonds. The highest BCUT2D eigenvalue weighted by atomic mass is 16.2. The van der Waals surface area contributed by atoms with Crippen molar-refractivity contribution in [1.82, 2.24) is 25.0 Å². The molecule has 1 fully saturated rings. The summed E-state index contributed by atoms with van der Waals surface area (Å²) in [4.78, 5) is 17.6. The van der Waals surface area contributed by atoms with Gasteiger partial charge in [0.1, 0.15) is 6.33 Å². The van der Waals surface area contributed by atoms with E-state index in [0.717, 1.165) is 13.0 Å². The van der Waals surface area contributed by atoms with E-state index >= 15 is 0 Å². The van der Waals surface area contributed by atoms with Gasteiger partial charge in [0.2, 0.25) is 5.91 Å². The highest BCUT2D eigenvalue weighted by Gasteiger charge is 2.30. The van der Waals surface area contributed by atoms with Crippen LogP contribution in [0.15, 0.2) is 6.33 Å². The molecule has 1 aliphatic heterocycles. The largest absolute Gasteiger partial charge is 0.334 e. The number of amides is 1. The molecule has 0 spiro atoms. The lowest BCUT2D eigenvalue weighted by Crippen LogP contribution is -2.36. The van der Waals surface area contributed by atoms with E-state index in [1.54, 1.807) is 15.9 Å². The van der Waals surface area contributed by atoms with Crippen molar-refractivity contribution in [3.8, 4) is 0 Å². The van der Waals surface area contributed by atoms with Crippen LogP contribution in [-0.4, -0.2) is 45.2 Å². The van der Waals surface area contributed by atoms with Gasteiger partial charge in [-0.2, -0.15) is 5.10 Å². The molecule has 2 rings (SSSR count). The Morgan fingerprint density at radius 2 is 2.47 bits per heavy atom. The van der Waals surface area contributed by atoms with Crippen molar-refractivity contribution in [2.75, 3.05) is 13.6 Å². The topological polar surface area (TPSA) is 63.1 Å². The maximum Gasteiger partial charge on any atom is 0.240 e. The van der Waals surface area contributed by atoms with Crippen LogP contribution in [0.3, 0.4) is 0 Å². The fourth-order valence-electron chi connectivity index (χ4n) is 1.79. The molecule has 0 aromatic carbocycles. The Morgan fingerprint density at radius 3 is 3.00 bits per heavy atom. The van der Waals surface area contributed by atoms with Gasteiger partial charge in [0.05, 0.1) is 12.6 Å². The van der Waals surface area contributed by atoms with Crippen molar-refractivity contribution in [2.45, 2.75) is 19.0 Å². The molecule has 82 valence electrons. The van der Waals surface area contributed by atoms with Gasteiger partial charge < -0.3 is 10.2 Å². The molecule has 1 N–H and O–H groups in total. The Hall–Kier alpha value is -1.43. The third-order valence-corrected chi connectivity index (χ3v) is 2.63. The maximum atomic E-state index is 11.7. The Balaban J connectivity index is 1.99. The maximum absolute atomic E-state index is 11.7. The van der Waals surface area contributed by atoms with Crippen molar-refractivity contribution in [3.05, 3.63) is 12.2 Å². The first-order chi connectivity index (χ1) is 7.20. The van der Waals surface area contributed by atoms with Crippen LogP contribution in [0.2, 0.25) is 0 Å². The predicted octanol–water partition coefficient (Wildman–Crippen LogP) is -0.865. The lowest BCUT2D eigenvalue weighted by molar-refractivity contribution is -0.129. The summed E-state index contributed by atoms with van der Waals surface area (Å²) in [6.07, 6.45) is 2.51. The summed E-state index contributed by atoms with van der Waals surface area (Å²) >= 11 is 0. The monoisotopic (exact) mass is 209 g/mol. The van der Waals surface area contributed by atoms with Gasteiger partial charge in [-0.1, -0.05) is 0 Å². The molecule has 1 aliphatic rings. The number of hydrogen-bond donors (Lipinski definition) is 1. The van der Waals surface area contributed by atoms with Crippen LogP contribution < -0.4 is 5.32 Å². The van der Waals surface area contributed by atoms with Crippen LogP contribution in [0.1, 0.15) is 12.2 Å². The van der Waals surface area contributed by atoms with Gasteiger partial charge in [-0.05, 0) is 13.5 Å². The minimum atomic E-state index is -0.0336. The highest BCUT2D eigenvalue weighted by molar-refractivity contribution is 5.83. The number of nitrogens with one attached hydrogen (secondary N) is 1. The van der Waals surface area contributed by atoms with Crippen molar-refractivity contribution >= 4 is 5.91 Å². The fraction of sp³-hybridized carbons (Fsp3) is 0.667. The molecule has 1 saturated heterocycles. The van der Waals surface area contributed by atoms with Gasteiger partial charge in [0.25, 0.3) is 0 Å². The lowest BCUT2D eigenvalue weighted by Gasteiger charge is -2.14. The normalized spacial score (nSPS) is 21.3. The molecule has 1 aromatic rings. The summed E-state index contributed by atoms with van der Waals surface area (Å²) in [6.45, 7) is 1.29. The fourth-order valence-corrected chi connectivity index (χ4v) is 1.79. The van der Waals surface area contributed by atoms with Crippen LogP contribution in [-0.2, 0) is 18.4 Å². The quantitative estimate of drug-likeness (QED) is 0.703. The van der Waals surface area contributed by atoms with Crippen molar-refractivity contribution in [2.24, 2.45) is 7.05 Å². The zero-order valence-electron chi connectivity index (χ0n) is 8.97. The summed E-state index contributed by atoms with van der Waals surface area (Å²) in [5, 5.41) is 7.15. The standard InChI is InChI=1S/C9H15N5O/c1-10-7-3-4-14(9(7)15)5-8-11-6-13(2)12-8/h6-7,10H,3-5H2,1-2H3. The third kappa shape index (κ3) is 1.99. The van der Waals surface area contributed by atoms with Crippen molar-refractivity contribution in [3.63, 3.8) is 0 Å². The minimum Gasteiger partial charge on any atom is -0.334 e. The summed E-state index contributed by atoms with van der Waals surface area (Å²) < 4.78 is 1.64. The molecule has 1 atom stereocenters. The highest BCUT2D eigenvalue weighted by Crippen LogP contribution is 2.12. The van der Waals surface area contributed by atoms with Gasteiger partial charge in [-0.25, -0.2) is 4.98 Å².